The van der Waals surface area contributed by atoms with Crippen molar-refractivity contribution in [2.24, 2.45) is 0 Å². The summed E-state index contributed by atoms with van der Waals surface area (Å²) >= 11 is 9.30. The summed E-state index contributed by atoms with van der Waals surface area (Å²) < 4.78 is 1.20. The molecule has 1 aliphatic carbocycles. The quantitative estimate of drug-likeness (QED) is 0.403. The third kappa shape index (κ3) is 6.23. The Hall–Kier alpha value is 1.40. The van der Waals surface area contributed by atoms with E-state index in [1.165, 1.54) is 113 Å². The highest BCUT2D eigenvalue weighted by atomic mass is 32.2. The van der Waals surface area contributed by atoms with E-state index >= 15 is 0 Å². The molecule has 2 aliphatic heterocycles. The second-order valence-corrected chi connectivity index (χ2v) is 14.2. The van der Waals surface area contributed by atoms with Crippen molar-refractivity contribution in [3.63, 3.8) is 0 Å². The predicted octanol–water partition coefficient (Wildman–Crippen LogP) is 7.81. The van der Waals surface area contributed by atoms with E-state index in [1.807, 2.05) is 0 Å². The van der Waals surface area contributed by atoms with Crippen molar-refractivity contribution >= 4 is 47.0 Å². The van der Waals surface area contributed by atoms with Gasteiger partial charge in [-0.15, -0.1) is 47.0 Å². The van der Waals surface area contributed by atoms with Gasteiger partial charge in [0.1, 0.15) is 0 Å². The zero-order valence-electron chi connectivity index (χ0n) is 15.4. The second-order valence-electron chi connectivity index (χ2n) is 7.75. The summed E-state index contributed by atoms with van der Waals surface area (Å²) in [6, 6.07) is 0. The lowest BCUT2D eigenvalue weighted by Gasteiger charge is -2.38. The van der Waals surface area contributed by atoms with E-state index < -0.39 is 0 Å². The number of hydrogen-bond donors (Lipinski definition) is 0. The van der Waals surface area contributed by atoms with Crippen molar-refractivity contribution in [1.29, 1.82) is 0 Å². The lowest BCUT2D eigenvalue weighted by atomic mass is 10.00. The molecule has 0 amide bonds. The Labute approximate surface area is 167 Å². The summed E-state index contributed by atoms with van der Waals surface area (Å²) in [7, 11) is 0. The van der Waals surface area contributed by atoms with Crippen LogP contribution < -0.4 is 0 Å². The van der Waals surface area contributed by atoms with Crippen LogP contribution in [0.4, 0.5) is 0 Å². The lowest BCUT2D eigenvalue weighted by molar-refractivity contribution is 0.491. The summed E-state index contributed by atoms with van der Waals surface area (Å²) in [6.45, 7) is 0. The van der Waals surface area contributed by atoms with Gasteiger partial charge in [0, 0.05) is 0 Å². The maximum Gasteiger partial charge on any atom is 0.0611 e. The molecule has 0 aromatic carbocycles. The van der Waals surface area contributed by atoms with Crippen molar-refractivity contribution in [1.82, 2.24) is 0 Å². The van der Waals surface area contributed by atoms with Crippen LogP contribution >= 0.6 is 47.0 Å². The fraction of sp³-hybridized carbons (Fsp3) is 1.00. The van der Waals surface area contributed by atoms with Gasteiger partial charge in [0.2, 0.25) is 0 Å². The van der Waals surface area contributed by atoms with Crippen LogP contribution in [0, 0.1) is 0 Å². The average Bonchev–Trinajstić information content (AvgIpc) is 2.62. The van der Waals surface area contributed by atoms with Crippen LogP contribution in [0.2, 0.25) is 0 Å². The van der Waals surface area contributed by atoms with Crippen LogP contribution in [0.1, 0.15) is 89.9 Å². The fourth-order valence-corrected chi connectivity index (χ4v) is 11.3. The number of thioether (sulfide) groups is 4. The summed E-state index contributed by atoms with van der Waals surface area (Å²) in [4.78, 5) is 0. The first-order valence-electron chi connectivity index (χ1n) is 10.4. The molecule has 3 fully saturated rings. The fourth-order valence-electron chi connectivity index (χ4n) is 4.35. The van der Waals surface area contributed by atoms with Crippen LogP contribution in [0.25, 0.3) is 0 Å². The van der Waals surface area contributed by atoms with Crippen LogP contribution in [0.3, 0.4) is 0 Å². The van der Waals surface area contributed by atoms with Gasteiger partial charge in [-0.2, -0.15) is 0 Å². The summed E-state index contributed by atoms with van der Waals surface area (Å²) in [5.41, 5.74) is 0. The normalized spacial score (nSPS) is 30.0. The minimum Gasteiger partial charge on any atom is -0.144 e. The zero-order valence-corrected chi connectivity index (χ0v) is 18.6. The van der Waals surface area contributed by atoms with Gasteiger partial charge in [-0.25, -0.2) is 0 Å². The molecule has 0 unspecified atom stereocenters. The molecule has 4 heteroatoms. The maximum atomic E-state index is 2.33. The smallest absolute Gasteiger partial charge is 0.0611 e. The third-order valence-corrected chi connectivity index (χ3v) is 12.9. The molecule has 0 bridgehead atoms. The van der Waals surface area contributed by atoms with Gasteiger partial charge in [-0.05, 0) is 61.5 Å². The standard InChI is InChI=1S/C20H36S4/c1-2-4-6-12-20(23-17-10-18-24-20)14-8-7-13-19(11-5-3-1)21-15-9-16-22-19/h1-18H2. The number of rotatable bonds is 0. The Bertz CT molecular complexity index is 312. The van der Waals surface area contributed by atoms with Gasteiger partial charge in [-0.3, -0.25) is 0 Å². The van der Waals surface area contributed by atoms with Crippen LogP contribution in [0.15, 0.2) is 0 Å². The van der Waals surface area contributed by atoms with Crippen LogP contribution in [0.5, 0.6) is 0 Å². The third-order valence-electron chi connectivity index (χ3n) is 5.77. The van der Waals surface area contributed by atoms with E-state index in [0.29, 0.717) is 8.16 Å². The first-order valence-corrected chi connectivity index (χ1v) is 14.3. The maximum absolute atomic E-state index is 2.33. The Kier molecular flexibility index (Phi) is 8.95. The second kappa shape index (κ2) is 10.7. The van der Waals surface area contributed by atoms with Crippen LogP contribution in [-0.2, 0) is 0 Å². The topological polar surface area (TPSA) is 0 Å². The van der Waals surface area contributed by atoms with Gasteiger partial charge in [0.15, 0.2) is 0 Å². The molecule has 3 rings (SSSR count). The zero-order chi connectivity index (χ0) is 16.6. The first-order chi connectivity index (χ1) is 11.8. The molecule has 0 N–H and O–H groups in total. The molecule has 0 nitrogen and oxygen atoms in total. The van der Waals surface area contributed by atoms with Crippen molar-refractivity contribution in [2.75, 3.05) is 23.0 Å². The number of hydrogen-bond acceptors (Lipinski definition) is 4. The monoisotopic (exact) mass is 404 g/mol. The first kappa shape index (κ1) is 20.1. The van der Waals surface area contributed by atoms with Crippen LogP contribution in [-0.4, -0.2) is 31.2 Å². The minimum atomic E-state index is 0.600. The SMILES string of the molecule is C1CCCCC2(CCCCC3(CCC1)SCCCS3)SCCCS2. The molecule has 0 atom stereocenters. The highest BCUT2D eigenvalue weighted by Gasteiger charge is 2.35. The van der Waals surface area contributed by atoms with E-state index in [0.717, 1.165) is 0 Å². The highest BCUT2D eigenvalue weighted by Crippen LogP contribution is 2.52. The van der Waals surface area contributed by atoms with Gasteiger partial charge in [0.05, 0.1) is 8.16 Å². The largest absolute Gasteiger partial charge is 0.144 e. The van der Waals surface area contributed by atoms with Gasteiger partial charge in [0.25, 0.3) is 0 Å². The Morgan fingerprint density at radius 2 is 0.625 bits per heavy atom. The molecule has 0 aromatic heterocycles. The lowest BCUT2D eigenvalue weighted by Crippen LogP contribution is -2.27. The van der Waals surface area contributed by atoms with E-state index in [4.69, 9.17) is 0 Å². The van der Waals surface area contributed by atoms with Crippen molar-refractivity contribution < 1.29 is 0 Å². The molecular weight excluding hydrogens is 368 g/mol. The molecule has 2 heterocycles. The van der Waals surface area contributed by atoms with E-state index in [-0.39, 0.29) is 0 Å². The van der Waals surface area contributed by atoms with Crippen molar-refractivity contribution in [3.05, 3.63) is 0 Å². The average molecular weight is 405 g/mol. The Balaban J connectivity index is 1.57. The molecule has 0 radical (unpaired) electrons. The molecule has 140 valence electrons. The summed E-state index contributed by atoms with van der Waals surface area (Å²) in [5.74, 6) is 5.68. The Morgan fingerprint density at radius 3 is 1.00 bits per heavy atom. The van der Waals surface area contributed by atoms with Crippen molar-refractivity contribution in [3.8, 4) is 0 Å². The van der Waals surface area contributed by atoms with Crippen molar-refractivity contribution in [2.45, 2.75) is 98.0 Å². The molecule has 2 spiro atoms. The van der Waals surface area contributed by atoms with E-state index in [9.17, 15) is 0 Å². The van der Waals surface area contributed by atoms with Gasteiger partial charge in [-0.1, -0.05) is 51.4 Å². The molecular formula is C20H36S4. The van der Waals surface area contributed by atoms with E-state index in [1.54, 1.807) is 0 Å². The van der Waals surface area contributed by atoms with Gasteiger partial charge >= 0.3 is 0 Å². The van der Waals surface area contributed by atoms with E-state index in [2.05, 4.69) is 47.0 Å². The summed E-state index contributed by atoms with van der Waals surface area (Å²) in [6.07, 6.45) is 20.7. The molecule has 3 aliphatic rings. The minimum absolute atomic E-state index is 0.600. The molecule has 24 heavy (non-hydrogen) atoms. The molecule has 2 saturated heterocycles. The highest BCUT2D eigenvalue weighted by molar-refractivity contribution is 8.19. The molecule has 0 aromatic rings. The van der Waals surface area contributed by atoms with Gasteiger partial charge < -0.3 is 0 Å². The summed E-state index contributed by atoms with van der Waals surface area (Å²) in [5, 5.41) is 0. The molecule has 1 saturated carbocycles. The predicted molar refractivity (Wildman–Crippen MR) is 120 cm³/mol. The Morgan fingerprint density at radius 1 is 0.333 bits per heavy atom.